The number of ether oxygens (including phenoxy) is 1. The molecule has 4 heteroatoms. The fraction of sp³-hybridized carbons (Fsp3) is 0. The fourth-order valence-electron chi connectivity index (χ4n) is 0.778. The van der Waals surface area contributed by atoms with E-state index in [2.05, 4.69) is 16.3 Å². The van der Waals surface area contributed by atoms with Crippen LogP contribution >= 0.6 is 0 Å². The Balaban J connectivity index is 2.64. The van der Waals surface area contributed by atoms with Crippen molar-refractivity contribution in [2.24, 2.45) is 4.99 Å². The summed E-state index contributed by atoms with van der Waals surface area (Å²) in [6.07, 6.45) is 1.51. The van der Waals surface area contributed by atoms with E-state index < -0.39 is 6.09 Å². The maximum atomic E-state index is 12.5. The number of aliphatic imine (C=N–C) groups is 1. The minimum atomic E-state index is -0.760. The van der Waals surface area contributed by atoms with Gasteiger partial charge in [0.05, 0.1) is 6.26 Å². The van der Waals surface area contributed by atoms with Gasteiger partial charge in [0.1, 0.15) is 5.82 Å². The number of nitrogens with zero attached hydrogens (tertiary/aromatic N) is 1. The van der Waals surface area contributed by atoms with Gasteiger partial charge in [-0.05, 0) is 17.7 Å². The van der Waals surface area contributed by atoms with Crippen molar-refractivity contribution in [2.75, 3.05) is 0 Å². The number of hydrogen-bond donors (Lipinski definition) is 0. The third kappa shape index (κ3) is 3.18. The van der Waals surface area contributed by atoms with Crippen LogP contribution in [0, 0.1) is 5.82 Å². The van der Waals surface area contributed by atoms with E-state index >= 15 is 0 Å². The molecule has 1 aromatic carbocycles. The highest BCUT2D eigenvalue weighted by atomic mass is 19.1. The van der Waals surface area contributed by atoms with Crippen molar-refractivity contribution >= 4 is 12.3 Å². The SMILES string of the molecule is C=COC(=O)N=Cc1ccc(F)cc1. The first kappa shape index (κ1) is 10.1. The van der Waals surface area contributed by atoms with Crippen molar-refractivity contribution in [1.29, 1.82) is 0 Å². The summed E-state index contributed by atoms with van der Waals surface area (Å²) >= 11 is 0. The van der Waals surface area contributed by atoms with Crippen LogP contribution in [0.1, 0.15) is 5.56 Å². The molecule has 0 aromatic heterocycles. The molecular formula is C10H8FNO2. The lowest BCUT2D eigenvalue weighted by Crippen LogP contribution is -1.92. The molecule has 0 saturated carbocycles. The second-order valence-corrected chi connectivity index (χ2v) is 2.36. The van der Waals surface area contributed by atoms with Crippen molar-refractivity contribution < 1.29 is 13.9 Å². The lowest BCUT2D eigenvalue weighted by atomic mass is 10.2. The zero-order valence-electron chi connectivity index (χ0n) is 7.31. The van der Waals surface area contributed by atoms with Crippen molar-refractivity contribution in [3.05, 3.63) is 48.5 Å². The maximum Gasteiger partial charge on any atom is 0.438 e. The molecule has 1 rings (SSSR count). The number of hydrogen-bond acceptors (Lipinski definition) is 2. The number of amides is 1. The Kier molecular flexibility index (Phi) is 3.55. The summed E-state index contributed by atoms with van der Waals surface area (Å²) < 4.78 is 16.8. The van der Waals surface area contributed by atoms with Gasteiger partial charge in [0.25, 0.3) is 0 Å². The zero-order valence-corrected chi connectivity index (χ0v) is 7.31. The largest absolute Gasteiger partial charge is 0.438 e. The molecule has 1 aromatic rings. The van der Waals surface area contributed by atoms with Gasteiger partial charge in [-0.2, -0.15) is 4.99 Å². The Bertz CT molecular complexity index is 357. The minimum absolute atomic E-state index is 0.337. The number of rotatable bonds is 2. The van der Waals surface area contributed by atoms with E-state index in [1.54, 1.807) is 0 Å². The van der Waals surface area contributed by atoms with Gasteiger partial charge in [0.2, 0.25) is 0 Å². The summed E-state index contributed by atoms with van der Waals surface area (Å²) in [5.74, 6) is -0.337. The Labute approximate surface area is 80.5 Å². The second kappa shape index (κ2) is 4.91. The van der Waals surface area contributed by atoms with Crippen LogP contribution < -0.4 is 0 Å². The van der Waals surface area contributed by atoms with Crippen LogP contribution in [-0.2, 0) is 4.74 Å². The summed E-state index contributed by atoms with van der Waals surface area (Å²) in [4.78, 5) is 14.2. The Morgan fingerprint density at radius 3 is 2.64 bits per heavy atom. The third-order valence-electron chi connectivity index (χ3n) is 1.37. The molecule has 1 amide bonds. The van der Waals surface area contributed by atoms with Crippen molar-refractivity contribution in [1.82, 2.24) is 0 Å². The molecule has 0 radical (unpaired) electrons. The molecule has 72 valence electrons. The van der Waals surface area contributed by atoms with Crippen LogP contribution in [-0.4, -0.2) is 12.3 Å². The van der Waals surface area contributed by atoms with E-state index in [0.29, 0.717) is 5.56 Å². The van der Waals surface area contributed by atoms with Gasteiger partial charge in [-0.25, -0.2) is 9.18 Å². The van der Waals surface area contributed by atoms with Crippen molar-refractivity contribution in [2.45, 2.75) is 0 Å². The molecular weight excluding hydrogens is 185 g/mol. The summed E-state index contributed by atoms with van der Waals surface area (Å²) in [7, 11) is 0. The third-order valence-corrected chi connectivity index (χ3v) is 1.37. The first-order chi connectivity index (χ1) is 6.72. The summed E-state index contributed by atoms with van der Waals surface area (Å²) in [5.41, 5.74) is 0.618. The fourth-order valence-corrected chi connectivity index (χ4v) is 0.778. The van der Waals surface area contributed by atoms with Crippen LogP contribution in [0.15, 0.2) is 42.1 Å². The van der Waals surface area contributed by atoms with Crippen LogP contribution in [0.3, 0.4) is 0 Å². The highest BCUT2D eigenvalue weighted by molar-refractivity contribution is 5.88. The van der Waals surface area contributed by atoms with Crippen molar-refractivity contribution in [3.63, 3.8) is 0 Å². The molecule has 0 bridgehead atoms. The Morgan fingerprint density at radius 2 is 2.07 bits per heavy atom. The van der Waals surface area contributed by atoms with Crippen LogP contribution in [0.25, 0.3) is 0 Å². The molecule has 0 saturated heterocycles. The molecule has 0 fully saturated rings. The monoisotopic (exact) mass is 193 g/mol. The average Bonchev–Trinajstić information content (AvgIpc) is 2.17. The highest BCUT2D eigenvalue weighted by Gasteiger charge is 1.94. The summed E-state index contributed by atoms with van der Waals surface area (Å²) in [6.45, 7) is 3.20. The van der Waals surface area contributed by atoms with Crippen molar-refractivity contribution in [3.8, 4) is 0 Å². The van der Waals surface area contributed by atoms with E-state index in [-0.39, 0.29) is 5.82 Å². The minimum Gasteiger partial charge on any atom is -0.417 e. The van der Waals surface area contributed by atoms with E-state index in [9.17, 15) is 9.18 Å². The topological polar surface area (TPSA) is 38.7 Å². The molecule has 0 unspecified atom stereocenters. The quantitative estimate of drug-likeness (QED) is 0.534. The van der Waals surface area contributed by atoms with E-state index in [0.717, 1.165) is 6.26 Å². The van der Waals surface area contributed by atoms with Gasteiger partial charge in [-0.15, -0.1) is 0 Å². The van der Waals surface area contributed by atoms with E-state index in [1.807, 2.05) is 0 Å². The Hall–Kier alpha value is -1.97. The number of carbonyl (C=O) groups excluding carboxylic acids is 1. The first-order valence-corrected chi connectivity index (χ1v) is 3.83. The van der Waals surface area contributed by atoms with Gasteiger partial charge >= 0.3 is 6.09 Å². The van der Waals surface area contributed by atoms with Crippen LogP contribution in [0.4, 0.5) is 9.18 Å². The smallest absolute Gasteiger partial charge is 0.417 e. The lowest BCUT2D eigenvalue weighted by molar-refractivity contribution is 0.197. The zero-order chi connectivity index (χ0) is 10.4. The standard InChI is InChI=1S/C10H8FNO2/c1-2-14-10(13)12-7-8-3-5-9(11)6-4-8/h2-7H,1H2. The number of halogens is 1. The predicted octanol–water partition coefficient (Wildman–Crippen LogP) is 2.52. The van der Waals surface area contributed by atoms with Gasteiger partial charge in [0.15, 0.2) is 0 Å². The molecule has 0 aliphatic heterocycles. The molecule has 3 nitrogen and oxygen atoms in total. The van der Waals surface area contributed by atoms with Gasteiger partial charge < -0.3 is 4.74 Å². The molecule has 0 N–H and O–H groups in total. The molecule has 0 heterocycles. The van der Waals surface area contributed by atoms with Gasteiger partial charge in [0, 0.05) is 6.21 Å². The summed E-state index contributed by atoms with van der Waals surface area (Å²) in [6, 6.07) is 5.56. The second-order valence-electron chi connectivity index (χ2n) is 2.36. The first-order valence-electron chi connectivity index (χ1n) is 3.83. The lowest BCUT2D eigenvalue weighted by Gasteiger charge is -1.92. The van der Waals surface area contributed by atoms with Crippen LogP contribution in [0.5, 0.6) is 0 Å². The Morgan fingerprint density at radius 1 is 1.43 bits per heavy atom. The molecule has 0 spiro atoms. The highest BCUT2D eigenvalue weighted by Crippen LogP contribution is 2.00. The summed E-state index contributed by atoms with van der Waals surface area (Å²) in [5, 5.41) is 0. The molecule has 14 heavy (non-hydrogen) atoms. The predicted molar refractivity (Wildman–Crippen MR) is 50.7 cm³/mol. The number of benzene rings is 1. The van der Waals surface area contributed by atoms with Gasteiger partial charge in [-0.1, -0.05) is 18.7 Å². The average molecular weight is 193 g/mol. The van der Waals surface area contributed by atoms with Gasteiger partial charge in [-0.3, -0.25) is 0 Å². The number of carbonyl (C=O) groups is 1. The van der Waals surface area contributed by atoms with Crippen LogP contribution in [0.2, 0.25) is 0 Å². The van der Waals surface area contributed by atoms with E-state index in [4.69, 9.17) is 0 Å². The molecule has 0 aliphatic rings. The normalized spacial score (nSPS) is 10.1. The molecule has 0 atom stereocenters. The van der Waals surface area contributed by atoms with E-state index in [1.165, 1.54) is 30.5 Å². The maximum absolute atomic E-state index is 12.5. The molecule has 0 aliphatic carbocycles.